The summed E-state index contributed by atoms with van der Waals surface area (Å²) in [6.07, 6.45) is 2.45. The Labute approximate surface area is 68.4 Å². The van der Waals surface area contributed by atoms with E-state index < -0.39 is 5.67 Å². The Morgan fingerprint density at radius 3 is 2.73 bits per heavy atom. The fourth-order valence-corrected chi connectivity index (χ4v) is 1.47. The third kappa shape index (κ3) is 2.78. The van der Waals surface area contributed by atoms with Gasteiger partial charge in [0.15, 0.2) is 0 Å². The second-order valence-electron chi connectivity index (χ2n) is 4.01. The van der Waals surface area contributed by atoms with Gasteiger partial charge >= 0.3 is 0 Å². The van der Waals surface area contributed by atoms with Crippen molar-refractivity contribution in [3.05, 3.63) is 0 Å². The number of rotatable bonds is 3. The lowest BCUT2D eigenvalue weighted by Crippen LogP contribution is -2.26. The predicted octanol–water partition coefficient (Wildman–Crippen LogP) is 2.12. The minimum Gasteiger partial charge on any atom is -0.313 e. The molecule has 1 unspecified atom stereocenters. The summed E-state index contributed by atoms with van der Waals surface area (Å²) in [4.78, 5) is 0. The Morgan fingerprint density at radius 1 is 1.55 bits per heavy atom. The van der Waals surface area contributed by atoms with Crippen LogP contribution in [-0.2, 0) is 0 Å². The van der Waals surface area contributed by atoms with Crippen LogP contribution < -0.4 is 5.32 Å². The highest BCUT2D eigenvalue weighted by atomic mass is 19.1. The molecular weight excluding hydrogens is 141 g/mol. The first-order valence-corrected chi connectivity index (χ1v) is 4.52. The van der Waals surface area contributed by atoms with Gasteiger partial charge in [-0.25, -0.2) is 4.39 Å². The van der Waals surface area contributed by atoms with Crippen LogP contribution >= 0.6 is 0 Å². The molecule has 1 fully saturated rings. The topological polar surface area (TPSA) is 12.0 Å². The number of hydrogen-bond acceptors (Lipinski definition) is 1. The molecule has 1 N–H and O–H groups in total. The molecule has 1 saturated heterocycles. The molecule has 1 aliphatic heterocycles. The maximum absolute atomic E-state index is 13.6. The van der Waals surface area contributed by atoms with Crippen molar-refractivity contribution in [3.8, 4) is 0 Å². The van der Waals surface area contributed by atoms with Gasteiger partial charge in [0.05, 0.1) is 0 Å². The number of alkyl halides is 1. The molecule has 1 rings (SSSR count). The van der Waals surface area contributed by atoms with Gasteiger partial charge in [0.1, 0.15) is 5.67 Å². The number of hydrogen-bond donors (Lipinski definition) is 1. The zero-order chi connectivity index (χ0) is 8.32. The Morgan fingerprint density at radius 2 is 2.27 bits per heavy atom. The van der Waals surface area contributed by atoms with Crippen molar-refractivity contribution >= 4 is 0 Å². The molecule has 0 amide bonds. The smallest absolute Gasteiger partial charge is 0.124 e. The first-order chi connectivity index (χ1) is 5.12. The Kier molecular flexibility index (Phi) is 2.88. The Hall–Kier alpha value is -0.110. The highest BCUT2D eigenvalue weighted by molar-refractivity contribution is 4.88. The number of nitrogens with one attached hydrogen (secondary N) is 1. The quantitative estimate of drug-likeness (QED) is 0.665. The van der Waals surface area contributed by atoms with Crippen LogP contribution in [0.3, 0.4) is 0 Å². The highest BCUT2D eigenvalue weighted by Gasteiger charge is 2.32. The van der Waals surface area contributed by atoms with Crippen LogP contribution in [0.15, 0.2) is 0 Å². The zero-order valence-electron chi connectivity index (χ0n) is 7.49. The van der Waals surface area contributed by atoms with E-state index in [2.05, 4.69) is 19.2 Å². The van der Waals surface area contributed by atoms with Gasteiger partial charge in [0, 0.05) is 6.54 Å². The van der Waals surface area contributed by atoms with E-state index in [4.69, 9.17) is 0 Å². The molecule has 0 aromatic carbocycles. The maximum atomic E-state index is 13.6. The summed E-state index contributed by atoms with van der Waals surface area (Å²) < 4.78 is 13.6. The predicted molar refractivity (Wildman–Crippen MR) is 45.4 cm³/mol. The molecular formula is C9H18FN. The van der Waals surface area contributed by atoms with E-state index in [0.717, 1.165) is 19.4 Å². The SMILES string of the molecule is CC(C)CCC1(F)CCNC1. The molecule has 0 radical (unpaired) electrons. The molecule has 0 aromatic heterocycles. The van der Waals surface area contributed by atoms with Crippen LogP contribution in [0.2, 0.25) is 0 Å². The molecule has 0 spiro atoms. The van der Waals surface area contributed by atoms with Gasteiger partial charge in [-0.2, -0.15) is 0 Å². The van der Waals surface area contributed by atoms with Gasteiger partial charge in [-0.3, -0.25) is 0 Å². The van der Waals surface area contributed by atoms with Gasteiger partial charge in [0.25, 0.3) is 0 Å². The van der Waals surface area contributed by atoms with Crippen molar-refractivity contribution in [2.24, 2.45) is 5.92 Å². The molecule has 1 aliphatic rings. The molecule has 1 nitrogen and oxygen atoms in total. The monoisotopic (exact) mass is 159 g/mol. The minimum atomic E-state index is -0.885. The van der Waals surface area contributed by atoms with E-state index in [1.807, 2.05) is 0 Å². The van der Waals surface area contributed by atoms with E-state index in [1.165, 1.54) is 0 Å². The lowest BCUT2D eigenvalue weighted by molar-refractivity contribution is 0.165. The fourth-order valence-electron chi connectivity index (χ4n) is 1.47. The molecule has 1 atom stereocenters. The lowest BCUT2D eigenvalue weighted by atomic mass is 9.94. The second kappa shape index (κ2) is 3.53. The van der Waals surface area contributed by atoms with E-state index in [-0.39, 0.29) is 0 Å². The van der Waals surface area contributed by atoms with Crippen molar-refractivity contribution < 1.29 is 4.39 Å². The van der Waals surface area contributed by atoms with Crippen LogP contribution in [0.25, 0.3) is 0 Å². The molecule has 2 heteroatoms. The summed E-state index contributed by atoms with van der Waals surface area (Å²) in [6, 6.07) is 0. The second-order valence-corrected chi connectivity index (χ2v) is 4.01. The maximum Gasteiger partial charge on any atom is 0.124 e. The van der Waals surface area contributed by atoms with Gasteiger partial charge in [-0.1, -0.05) is 13.8 Å². The summed E-state index contributed by atoms with van der Waals surface area (Å²) in [5.74, 6) is 0.628. The van der Waals surface area contributed by atoms with Gasteiger partial charge < -0.3 is 5.32 Å². The van der Waals surface area contributed by atoms with E-state index in [0.29, 0.717) is 18.9 Å². The molecule has 66 valence electrons. The van der Waals surface area contributed by atoms with Crippen molar-refractivity contribution in [2.75, 3.05) is 13.1 Å². The van der Waals surface area contributed by atoms with Crippen molar-refractivity contribution in [1.29, 1.82) is 0 Å². The minimum absolute atomic E-state index is 0.569. The molecule has 0 saturated carbocycles. The van der Waals surface area contributed by atoms with Crippen LogP contribution in [0.1, 0.15) is 33.1 Å². The average molecular weight is 159 g/mol. The van der Waals surface area contributed by atoms with Gasteiger partial charge in [0.2, 0.25) is 0 Å². The molecule has 1 heterocycles. The van der Waals surface area contributed by atoms with Crippen molar-refractivity contribution in [3.63, 3.8) is 0 Å². The Bertz CT molecular complexity index is 117. The first-order valence-electron chi connectivity index (χ1n) is 4.52. The summed E-state index contributed by atoms with van der Waals surface area (Å²) in [5, 5.41) is 3.06. The zero-order valence-corrected chi connectivity index (χ0v) is 7.49. The molecule has 0 aromatic rings. The average Bonchev–Trinajstić information content (AvgIpc) is 2.33. The van der Waals surface area contributed by atoms with E-state index >= 15 is 0 Å². The third-order valence-electron chi connectivity index (χ3n) is 2.36. The molecule has 11 heavy (non-hydrogen) atoms. The molecule has 0 aliphatic carbocycles. The van der Waals surface area contributed by atoms with Crippen LogP contribution in [0.4, 0.5) is 4.39 Å². The summed E-state index contributed by atoms with van der Waals surface area (Å²) in [5.41, 5.74) is -0.885. The third-order valence-corrected chi connectivity index (χ3v) is 2.36. The lowest BCUT2D eigenvalue weighted by Gasteiger charge is -2.18. The summed E-state index contributed by atoms with van der Waals surface area (Å²) in [6.45, 7) is 5.71. The van der Waals surface area contributed by atoms with E-state index in [9.17, 15) is 4.39 Å². The van der Waals surface area contributed by atoms with Crippen LogP contribution in [-0.4, -0.2) is 18.8 Å². The number of halogens is 1. The summed E-state index contributed by atoms with van der Waals surface area (Å²) >= 11 is 0. The van der Waals surface area contributed by atoms with E-state index in [1.54, 1.807) is 0 Å². The fraction of sp³-hybridized carbons (Fsp3) is 1.00. The first kappa shape index (κ1) is 8.98. The standard InChI is InChI=1S/C9H18FN/c1-8(2)3-4-9(10)5-6-11-7-9/h8,11H,3-7H2,1-2H3. The van der Waals surface area contributed by atoms with Crippen LogP contribution in [0.5, 0.6) is 0 Å². The van der Waals surface area contributed by atoms with Crippen molar-refractivity contribution in [1.82, 2.24) is 5.32 Å². The van der Waals surface area contributed by atoms with Gasteiger partial charge in [-0.05, 0) is 31.7 Å². The van der Waals surface area contributed by atoms with Gasteiger partial charge in [-0.15, -0.1) is 0 Å². The summed E-state index contributed by atoms with van der Waals surface area (Å²) in [7, 11) is 0. The molecule has 0 bridgehead atoms. The van der Waals surface area contributed by atoms with Crippen LogP contribution in [0, 0.1) is 5.92 Å². The Balaban J connectivity index is 2.23. The normalized spacial score (nSPS) is 31.6. The highest BCUT2D eigenvalue weighted by Crippen LogP contribution is 2.26. The van der Waals surface area contributed by atoms with Crippen molar-refractivity contribution in [2.45, 2.75) is 38.8 Å². The largest absolute Gasteiger partial charge is 0.313 e.